The molecule has 0 aliphatic carbocycles. The fourth-order valence-corrected chi connectivity index (χ4v) is 4.17. The fraction of sp³-hybridized carbons (Fsp3) is 0.350. The zero-order valence-electron chi connectivity index (χ0n) is 14.1. The van der Waals surface area contributed by atoms with Crippen molar-refractivity contribution in [2.75, 3.05) is 0 Å². The number of aryl methyl sites for hydroxylation is 1. The van der Waals surface area contributed by atoms with Gasteiger partial charge in [0.15, 0.2) is 6.10 Å². The van der Waals surface area contributed by atoms with Crippen molar-refractivity contribution in [3.8, 4) is 0 Å². The highest BCUT2D eigenvalue weighted by Gasteiger charge is 2.58. The third-order valence-electron chi connectivity index (χ3n) is 4.49. The lowest BCUT2D eigenvalue weighted by Crippen LogP contribution is -2.44. The molecule has 4 nitrogen and oxygen atoms in total. The van der Waals surface area contributed by atoms with Crippen molar-refractivity contribution < 1.29 is 19.0 Å². The van der Waals surface area contributed by atoms with E-state index in [1.165, 1.54) is 5.56 Å². The van der Waals surface area contributed by atoms with Crippen LogP contribution in [0.15, 0.2) is 59.5 Å². The molecule has 25 heavy (non-hydrogen) atoms. The second-order valence-corrected chi connectivity index (χ2v) is 7.61. The van der Waals surface area contributed by atoms with Gasteiger partial charge in [0.25, 0.3) is 0 Å². The van der Waals surface area contributed by atoms with E-state index in [9.17, 15) is 4.79 Å². The van der Waals surface area contributed by atoms with Crippen molar-refractivity contribution in [3.63, 3.8) is 0 Å². The van der Waals surface area contributed by atoms with Gasteiger partial charge in [0.05, 0.1) is 11.7 Å². The monoisotopic (exact) mass is 356 g/mol. The Kier molecular flexibility index (Phi) is 4.54. The van der Waals surface area contributed by atoms with Crippen LogP contribution in [-0.4, -0.2) is 35.8 Å². The van der Waals surface area contributed by atoms with Crippen LogP contribution in [0.4, 0.5) is 0 Å². The highest BCUT2D eigenvalue weighted by atomic mass is 32.2. The highest BCUT2D eigenvalue weighted by molar-refractivity contribution is 7.99. The van der Waals surface area contributed by atoms with E-state index in [1.807, 2.05) is 25.1 Å². The van der Waals surface area contributed by atoms with Crippen LogP contribution < -0.4 is 0 Å². The quantitative estimate of drug-likeness (QED) is 0.616. The average molecular weight is 356 g/mol. The molecular weight excluding hydrogens is 336 g/mol. The van der Waals surface area contributed by atoms with Gasteiger partial charge in [-0.1, -0.05) is 47.7 Å². The van der Waals surface area contributed by atoms with Crippen molar-refractivity contribution in [1.82, 2.24) is 0 Å². The van der Waals surface area contributed by atoms with E-state index in [1.54, 1.807) is 23.9 Å². The molecule has 2 heterocycles. The smallest absolute Gasteiger partial charge is 0.338 e. The molecule has 0 radical (unpaired) electrons. The van der Waals surface area contributed by atoms with Gasteiger partial charge in [-0.25, -0.2) is 4.79 Å². The number of esters is 1. The molecule has 2 aliphatic rings. The van der Waals surface area contributed by atoms with Crippen LogP contribution in [0.25, 0.3) is 0 Å². The van der Waals surface area contributed by atoms with E-state index in [0.717, 1.165) is 4.90 Å². The lowest BCUT2D eigenvalue weighted by Gasteiger charge is -2.30. The summed E-state index contributed by atoms with van der Waals surface area (Å²) in [5.74, 6) is -0.333. The molecule has 0 bridgehead atoms. The summed E-state index contributed by atoms with van der Waals surface area (Å²) in [4.78, 5) is 13.4. The third kappa shape index (κ3) is 3.59. The number of hydrogen-bond donors (Lipinski definition) is 0. The van der Waals surface area contributed by atoms with Gasteiger partial charge in [-0.05, 0) is 38.1 Å². The topological polar surface area (TPSA) is 48.1 Å². The fourth-order valence-electron chi connectivity index (χ4n) is 3.03. The maximum atomic E-state index is 12.3. The number of fused-ring (bicyclic) bond motifs is 1. The first-order chi connectivity index (χ1) is 12.1. The highest BCUT2D eigenvalue weighted by Crippen LogP contribution is 2.45. The van der Waals surface area contributed by atoms with Crippen LogP contribution in [-0.2, 0) is 14.2 Å². The molecular formula is C20H20O4S. The van der Waals surface area contributed by atoms with Gasteiger partial charge < -0.3 is 14.2 Å². The molecule has 130 valence electrons. The van der Waals surface area contributed by atoms with Gasteiger partial charge in [-0.15, -0.1) is 0 Å². The van der Waals surface area contributed by atoms with Gasteiger partial charge in [0.2, 0.25) is 0 Å². The van der Waals surface area contributed by atoms with Crippen molar-refractivity contribution in [2.45, 2.75) is 48.6 Å². The SMILES string of the molecule is Cc1ccc(SC2OC(C)C(OC(=O)c3ccccc3)C3OC23)cc1. The predicted octanol–water partition coefficient (Wildman–Crippen LogP) is 3.82. The Hall–Kier alpha value is -1.82. The van der Waals surface area contributed by atoms with Crippen LogP contribution in [0.5, 0.6) is 0 Å². The Morgan fingerprint density at radius 1 is 1.00 bits per heavy atom. The number of carbonyl (C=O) groups is 1. The molecule has 2 aromatic rings. The summed E-state index contributed by atoms with van der Waals surface area (Å²) < 4.78 is 17.5. The van der Waals surface area contributed by atoms with Crippen LogP contribution in [0.1, 0.15) is 22.8 Å². The van der Waals surface area contributed by atoms with Crippen molar-refractivity contribution in [1.29, 1.82) is 0 Å². The van der Waals surface area contributed by atoms with Crippen LogP contribution in [0.3, 0.4) is 0 Å². The summed E-state index contributed by atoms with van der Waals surface area (Å²) >= 11 is 1.66. The van der Waals surface area contributed by atoms with Crippen molar-refractivity contribution >= 4 is 17.7 Å². The molecule has 0 amide bonds. The molecule has 0 spiro atoms. The zero-order valence-corrected chi connectivity index (χ0v) is 14.9. The molecule has 0 N–H and O–H groups in total. The van der Waals surface area contributed by atoms with E-state index >= 15 is 0 Å². The Balaban J connectivity index is 1.39. The molecule has 5 heteroatoms. The predicted molar refractivity (Wildman–Crippen MR) is 95.7 cm³/mol. The van der Waals surface area contributed by atoms with Gasteiger partial charge in [-0.3, -0.25) is 0 Å². The lowest BCUT2D eigenvalue weighted by atomic mass is 10.1. The van der Waals surface area contributed by atoms with E-state index in [2.05, 4.69) is 31.2 Å². The van der Waals surface area contributed by atoms with E-state index in [0.29, 0.717) is 5.56 Å². The Labute approximate surface area is 151 Å². The van der Waals surface area contributed by atoms with Crippen LogP contribution in [0.2, 0.25) is 0 Å². The minimum atomic E-state index is -0.368. The van der Waals surface area contributed by atoms with Crippen molar-refractivity contribution in [2.24, 2.45) is 0 Å². The Bertz CT molecular complexity index is 744. The second kappa shape index (κ2) is 6.83. The maximum Gasteiger partial charge on any atom is 0.338 e. The van der Waals surface area contributed by atoms with Gasteiger partial charge >= 0.3 is 5.97 Å². The van der Waals surface area contributed by atoms with E-state index in [4.69, 9.17) is 14.2 Å². The minimum Gasteiger partial charge on any atom is -0.453 e. The second-order valence-electron chi connectivity index (χ2n) is 6.44. The van der Waals surface area contributed by atoms with Gasteiger partial charge in [-0.2, -0.15) is 0 Å². The molecule has 5 unspecified atom stereocenters. The van der Waals surface area contributed by atoms with Gasteiger partial charge in [0, 0.05) is 4.90 Å². The number of epoxide rings is 1. The van der Waals surface area contributed by atoms with E-state index < -0.39 is 0 Å². The number of hydrogen-bond acceptors (Lipinski definition) is 5. The molecule has 0 saturated carbocycles. The summed E-state index contributed by atoms with van der Waals surface area (Å²) in [6.07, 6.45) is -0.692. The summed E-state index contributed by atoms with van der Waals surface area (Å²) in [5, 5.41) is 0. The number of rotatable bonds is 4. The van der Waals surface area contributed by atoms with E-state index in [-0.39, 0.29) is 35.8 Å². The van der Waals surface area contributed by atoms with Crippen LogP contribution >= 0.6 is 11.8 Å². The standard InChI is InChI=1S/C20H20O4S/c1-12-8-10-15(11-9-12)25-20-18-17(23-18)16(13(2)22-20)24-19(21)14-6-4-3-5-7-14/h3-11,13,16-18,20H,1-2H3. The molecule has 2 aliphatic heterocycles. The molecule has 2 fully saturated rings. The maximum absolute atomic E-state index is 12.3. The molecule has 2 aromatic carbocycles. The normalized spacial score (nSPS) is 30.4. The summed E-state index contributed by atoms with van der Waals surface area (Å²) in [7, 11) is 0. The summed E-state index contributed by atoms with van der Waals surface area (Å²) in [6.45, 7) is 4.00. The third-order valence-corrected chi connectivity index (χ3v) is 5.65. The molecule has 5 atom stereocenters. The van der Waals surface area contributed by atoms with Crippen molar-refractivity contribution in [3.05, 3.63) is 65.7 Å². The average Bonchev–Trinajstić information content (AvgIpc) is 3.42. The summed E-state index contributed by atoms with van der Waals surface area (Å²) in [5.41, 5.74) is 1.70. The molecule has 2 saturated heterocycles. The van der Waals surface area contributed by atoms with Crippen LogP contribution in [0, 0.1) is 6.92 Å². The Morgan fingerprint density at radius 3 is 2.44 bits per heavy atom. The zero-order chi connectivity index (χ0) is 17.4. The lowest BCUT2D eigenvalue weighted by molar-refractivity contribution is -0.0718. The number of thioether (sulfide) groups is 1. The Morgan fingerprint density at radius 2 is 1.72 bits per heavy atom. The minimum absolute atomic E-state index is 0.0314. The van der Waals surface area contributed by atoms with Gasteiger partial charge in [0.1, 0.15) is 17.6 Å². The molecule has 4 rings (SSSR count). The molecule has 0 aromatic heterocycles. The first-order valence-corrected chi connectivity index (χ1v) is 9.30. The number of benzene rings is 2. The summed E-state index contributed by atoms with van der Waals surface area (Å²) in [6, 6.07) is 17.4. The number of carbonyl (C=O) groups excluding carboxylic acids is 1. The first-order valence-electron chi connectivity index (χ1n) is 8.42. The first kappa shape index (κ1) is 16.6. The number of ether oxygens (including phenoxy) is 3. The largest absolute Gasteiger partial charge is 0.453 e.